The Labute approximate surface area is 80.5 Å². The van der Waals surface area contributed by atoms with Gasteiger partial charge < -0.3 is 0 Å². The number of hydrogen-bond donors (Lipinski definition) is 0. The van der Waals surface area contributed by atoms with Crippen LogP contribution in [-0.2, 0) is 12.4 Å². The van der Waals surface area contributed by atoms with Crippen LogP contribution in [0.3, 0.4) is 0 Å². The standard InChI is InChI=1S/C8H11ClF2N2/c1-2-3-13-7(8(10)11)6(4-9)5-12-13/h5,8H,2-4H2,1H3. The summed E-state index contributed by atoms with van der Waals surface area (Å²) < 4.78 is 26.3. The SMILES string of the molecule is CCCn1ncc(CCl)c1C(F)F. The number of hydrogen-bond acceptors (Lipinski definition) is 1. The molecule has 0 aliphatic carbocycles. The summed E-state index contributed by atoms with van der Waals surface area (Å²) in [7, 11) is 0. The summed E-state index contributed by atoms with van der Waals surface area (Å²) in [6, 6.07) is 0. The average Bonchev–Trinajstić information content (AvgIpc) is 2.48. The summed E-state index contributed by atoms with van der Waals surface area (Å²) in [6.07, 6.45) is -0.310. The molecule has 0 atom stereocenters. The molecule has 0 unspecified atom stereocenters. The smallest absolute Gasteiger partial charge is 0.263 e. The van der Waals surface area contributed by atoms with Gasteiger partial charge in [-0.2, -0.15) is 5.10 Å². The minimum Gasteiger partial charge on any atom is -0.263 e. The Morgan fingerprint density at radius 1 is 1.62 bits per heavy atom. The van der Waals surface area contributed by atoms with Crippen molar-refractivity contribution in [1.29, 1.82) is 0 Å². The van der Waals surface area contributed by atoms with Gasteiger partial charge in [0.25, 0.3) is 6.43 Å². The predicted molar refractivity (Wildman–Crippen MR) is 47.0 cm³/mol. The summed E-state index contributed by atoms with van der Waals surface area (Å²) in [5, 5.41) is 3.85. The summed E-state index contributed by atoms with van der Waals surface area (Å²) >= 11 is 5.50. The molecule has 13 heavy (non-hydrogen) atoms. The molecular weight excluding hydrogens is 198 g/mol. The van der Waals surface area contributed by atoms with Crippen molar-refractivity contribution in [1.82, 2.24) is 9.78 Å². The molecule has 5 heteroatoms. The van der Waals surface area contributed by atoms with Gasteiger partial charge in [0.1, 0.15) is 5.69 Å². The maximum absolute atomic E-state index is 12.5. The van der Waals surface area contributed by atoms with E-state index in [9.17, 15) is 8.78 Å². The Morgan fingerprint density at radius 2 is 2.31 bits per heavy atom. The van der Waals surface area contributed by atoms with Crippen molar-refractivity contribution in [2.75, 3.05) is 0 Å². The second kappa shape index (κ2) is 4.56. The van der Waals surface area contributed by atoms with Gasteiger partial charge in [-0.3, -0.25) is 4.68 Å². The summed E-state index contributed by atoms with van der Waals surface area (Å²) in [5.74, 6) is 0.0867. The first-order valence-corrected chi connectivity index (χ1v) is 4.62. The Bertz CT molecular complexity index is 273. The van der Waals surface area contributed by atoms with Crippen LogP contribution in [-0.4, -0.2) is 9.78 Å². The predicted octanol–water partition coefficient (Wildman–Crippen LogP) is 2.97. The van der Waals surface area contributed by atoms with Crippen LogP contribution < -0.4 is 0 Å². The van der Waals surface area contributed by atoms with Gasteiger partial charge in [-0.05, 0) is 6.42 Å². The van der Waals surface area contributed by atoms with Gasteiger partial charge in [-0.15, -0.1) is 11.6 Å². The van der Waals surface area contributed by atoms with Crippen LogP contribution in [0.4, 0.5) is 8.78 Å². The van der Waals surface area contributed by atoms with Gasteiger partial charge in [0.2, 0.25) is 0 Å². The van der Waals surface area contributed by atoms with E-state index in [4.69, 9.17) is 11.6 Å². The number of alkyl halides is 3. The average molecular weight is 209 g/mol. The first-order chi connectivity index (χ1) is 6.20. The fraction of sp³-hybridized carbons (Fsp3) is 0.625. The van der Waals surface area contributed by atoms with Crippen LogP contribution in [0.5, 0.6) is 0 Å². The quantitative estimate of drug-likeness (QED) is 0.696. The van der Waals surface area contributed by atoms with Gasteiger partial charge in [-0.1, -0.05) is 6.92 Å². The highest BCUT2D eigenvalue weighted by Gasteiger charge is 2.18. The lowest BCUT2D eigenvalue weighted by Crippen LogP contribution is -2.05. The van der Waals surface area contributed by atoms with E-state index in [2.05, 4.69) is 5.10 Å². The van der Waals surface area contributed by atoms with E-state index in [1.807, 2.05) is 6.92 Å². The first kappa shape index (κ1) is 10.4. The molecule has 2 nitrogen and oxygen atoms in total. The molecule has 0 aromatic carbocycles. The number of aromatic nitrogens is 2. The van der Waals surface area contributed by atoms with Gasteiger partial charge in [-0.25, -0.2) is 8.78 Å². The lowest BCUT2D eigenvalue weighted by molar-refractivity contribution is 0.138. The van der Waals surface area contributed by atoms with Gasteiger partial charge in [0.05, 0.1) is 12.1 Å². The van der Waals surface area contributed by atoms with E-state index in [1.54, 1.807) is 0 Å². The van der Waals surface area contributed by atoms with Crippen molar-refractivity contribution in [2.24, 2.45) is 0 Å². The fourth-order valence-corrected chi connectivity index (χ4v) is 1.39. The molecule has 0 radical (unpaired) electrons. The third kappa shape index (κ3) is 2.18. The fourth-order valence-electron chi connectivity index (χ4n) is 1.18. The molecule has 1 aromatic rings. The molecule has 0 aliphatic rings. The molecule has 1 aromatic heterocycles. The molecule has 0 aliphatic heterocycles. The molecule has 0 saturated heterocycles. The lowest BCUT2D eigenvalue weighted by Gasteiger charge is -2.05. The molecule has 0 fully saturated rings. The first-order valence-electron chi connectivity index (χ1n) is 4.09. The van der Waals surface area contributed by atoms with Crippen LogP contribution in [0.25, 0.3) is 0 Å². The largest absolute Gasteiger partial charge is 0.280 e. The Hall–Kier alpha value is -0.640. The third-order valence-corrected chi connectivity index (χ3v) is 2.03. The molecule has 1 heterocycles. The Balaban J connectivity index is 2.99. The highest BCUT2D eigenvalue weighted by molar-refractivity contribution is 6.17. The summed E-state index contributed by atoms with van der Waals surface area (Å²) in [4.78, 5) is 0. The number of nitrogens with zero attached hydrogens (tertiary/aromatic N) is 2. The maximum atomic E-state index is 12.5. The molecule has 74 valence electrons. The Morgan fingerprint density at radius 3 is 2.77 bits per heavy atom. The van der Waals surface area contributed by atoms with E-state index in [0.29, 0.717) is 12.1 Å². The summed E-state index contributed by atoms with van der Waals surface area (Å²) in [5.41, 5.74) is 0.377. The van der Waals surface area contributed by atoms with E-state index in [-0.39, 0.29) is 11.6 Å². The second-order valence-corrected chi connectivity index (χ2v) is 2.98. The van der Waals surface area contributed by atoms with Crippen LogP contribution in [0, 0.1) is 0 Å². The Kier molecular flexibility index (Phi) is 3.66. The zero-order chi connectivity index (χ0) is 9.84. The van der Waals surface area contributed by atoms with E-state index >= 15 is 0 Å². The highest BCUT2D eigenvalue weighted by atomic mass is 35.5. The normalized spacial score (nSPS) is 11.2. The second-order valence-electron chi connectivity index (χ2n) is 2.71. The number of halogens is 3. The minimum absolute atomic E-state index is 0.0446. The van der Waals surface area contributed by atoms with Crippen molar-refractivity contribution in [2.45, 2.75) is 32.2 Å². The monoisotopic (exact) mass is 208 g/mol. The number of aryl methyl sites for hydroxylation is 1. The maximum Gasteiger partial charge on any atom is 0.280 e. The van der Waals surface area contributed by atoms with Crippen molar-refractivity contribution >= 4 is 11.6 Å². The van der Waals surface area contributed by atoms with Crippen LogP contribution in [0.1, 0.15) is 31.0 Å². The molecule has 0 spiro atoms. The van der Waals surface area contributed by atoms with Crippen LogP contribution >= 0.6 is 11.6 Å². The molecular formula is C8H11ClF2N2. The molecule has 0 bridgehead atoms. The van der Waals surface area contributed by atoms with Gasteiger partial charge >= 0.3 is 0 Å². The van der Waals surface area contributed by atoms with E-state index in [1.165, 1.54) is 10.9 Å². The van der Waals surface area contributed by atoms with E-state index in [0.717, 1.165) is 6.42 Å². The molecule has 0 amide bonds. The van der Waals surface area contributed by atoms with Crippen molar-refractivity contribution in [3.05, 3.63) is 17.5 Å². The van der Waals surface area contributed by atoms with Gasteiger partial charge in [0, 0.05) is 12.1 Å². The lowest BCUT2D eigenvalue weighted by atomic mass is 10.3. The minimum atomic E-state index is -2.50. The van der Waals surface area contributed by atoms with Gasteiger partial charge in [0.15, 0.2) is 0 Å². The zero-order valence-electron chi connectivity index (χ0n) is 7.30. The topological polar surface area (TPSA) is 17.8 Å². The number of rotatable bonds is 4. The molecule has 0 saturated carbocycles. The van der Waals surface area contributed by atoms with E-state index < -0.39 is 6.43 Å². The van der Waals surface area contributed by atoms with Crippen molar-refractivity contribution in [3.8, 4) is 0 Å². The highest BCUT2D eigenvalue weighted by Crippen LogP contribution is 2.24. The molecule has 1 rings (SSSR count). The van der Waals surface area contributed by atoms with Crippen molar-refractivity contribution < 1.29 is 8.78 Å². The zero-order valence-corrected chi connectivity index (χ0v) is 8.06. The third-order valence-electron chi connectivity index (χ3n) is 1.75. The van der Waals surface area contributed by atoms with Crippen LogP contribution in [0.15, 0.2) is 6.20 Å². The summed E-state index contributed by atoms with van der Waals surface area (Å²) in [6.45, 7) is 2.42. The van der Waals surface area contributed by atoms with Crippen molar-refractivity contribution in [3.63, 3.8) is 0 Å². The van der Waals surface area contributed by atoms with Crippen LogP contribution in [0.2, 0.25) is 0 Å². The molecule has 0 N–H and O–H groups in total.